The summed E-state index contributed by atoms with van der Waals surface area (Å²) in [5, 5.41) is 20.9. The van der Waals surface area contributed by atoms with Crippen molar-refractivity contribution in [3.63, 3.8) is 0 Å². The van der Waals surface area contributed by atoms with Crippen LogP contribution in [0.2, 0.25) is 0 Å². The first-order chi connectivity index (χ1) is 8.43. The molecule has 1 aromatic heterocycles. The first-order valence-electron chi connectivity index (χ1n) is 5.78. The number of carboxylic acid groups (broad SMARTS) is 1. The highest BCUT2D eigenvalue weighted by atomic mass is 16.4. The van der Waals surface area contributed by atoms with Crippen LogP contribution in [0.15, 0.2) is 6.07 Å². The maximum absolute atomic E-state index is 10.6. The van der Waals surface area contributed by atoms with E-state index in [9.17, 15) is 4.79 Å². The second-order valence-electron chi connectivity index (χ2n) is 4.47. The molecule has 0 aliphatic rings. The van der Waals surface area contributed by atoms with E-state index in [-0.39, 0.29) is 12.3 Å². The van der Waals surface area contributed by atoms with Crippen LogP contribution in [0.3, 0.4) is 0 Å². The quantitative estimate of drug-likeness (QED) is 0.832. The summed E-state index contributed by atoms with van der Waals surface area (Å²) in [4.78, 5) is 14.8. The maximum atomic E-state index is 10.6. The van der Waals surface area contributed by atoms with Crippen LogP contribution >= 0.6 is 0 Å². The Morgan fingerprint density at radius 3 is 2.83 bits per heavy atom. The van der Waals surface area contributed by atoms with E-state index in [1.165, 1.54) is 0 Å². The molecular formula is C13H17N3O2. The molecule has 18 heavy (non-hydrogen) atoms. The van der Waals surface area contributed by atoms with Gasteiger partial charge in [0.25, 0.3) is 0 Å². The molecule has 5 nitrogen and oxygen atoms in total. The Hall–Kier alpha value is -2.09. The van der Waals surface area contributed by atoms with Crippen molar-refractivity contribution < 1.29 is 9.90 Å². The molecule has 5 heteroatoms. The van der Waals surface area contributed by atoms with Crippen LogP contribution in [0.25, 0.3) is 0 Å². The smallest absolute Gasteiger partial charge is 0.303 e. The first-order valence-corrected chi connectivity index (χ1v) is 5.78. The zero-order valence-corrected chi connectivity index (χ0v) is 10.8. The Morgan fingerprint density at radius 2 is 2.28 bits per heavy atom. The molecule has 0 amide bonds. The van der Waals surface area contributed by atoms with Crippen LogP contribution in [-0.2, 0) is 4.79 Å². The molecule has 0 aliphatic heterocycles. The number of anilines is 1. The summed E-state index contributed by atoms with van der Waals surface area (Å²) in [5.74, 6) is -0.810. The van der Waals surface area contributed by atoms with Crippen molar-refractivity contribution >= 4 is 11.7 Å². The number of hydrogen-bond donors (Lipinski definition) is 2. The van der Waals surface area contributed by atoms with Gasteiger partial charge in [-0.15, -0.1) is 0 Å². The van der Waals surface area contributed by atoms with E-state index in [1.54, 1.807) is 13.0 Å². The lowest BCUT2D eigenvalue weighted by atomic mass is 10.1. The fourth-order valence-electron chi connectivity index (χ4n) is 1.76. The fraction of sp³-hybridized carbons (Fsp3) is 0.462. The Labute approximate surface area is 106 Å². The lowest BCUT2D eigenvalue weighted by molar-refractivity contribution is -0.137. The number of pyridine rings is 1. The summed E-state index contributed by atoms with van der Waals surface area (Å²) >= 11 is 0. The minimum absolute atomic E-state index is 0.00261. The van der Waals surface area contributed by atoms with Crippen LogP contribution in [-0.4, -0.2) is 22.6 Å². The third-order valence-electron chi connectivity index (χ3n) is 2.60. The summed E-state index contributed by atoms with van der Waals surface area (Å²) < 4.78 is 0. The number of nitrogens with zero attached hydrogens (tertiary/aromatic N) is 2. The van der Waals surface area contributed by atoms with Gasteiger partial charge in [0.2, 0.25) is 0 Å². The van der Waals surface area contributed by atoms with E-state index < -0.39 is 5.97 Å². The molecule has 0 aliphatic carbocycles. The predicted octanol–water partition coefficient (Wildman–Crippen LogP) is 2.09. The van der Waals surface area contributed by atoms with Gasteiger partial charge in [0.05, 0.1) is 16.9 Å². The molecule has 0 spiro atoms. The molecule has 1 heterocycles. The van der Waals surface area contributed by atoms with Gasteiger partial charge in [-0.05, 0) is 25.8 Å². The van der Waals surface area contributed by atoms with Gasteiger partial charge in [0, 0.05) is 18.7 Å². The van der Waals surface area contributed by atoms with Crippen LogP contribution in [0.5, 0.6) is 0 Å². The van der Waals surface area contributed by atoms with Crippen molar-refractivity contribution in [2.75, 3.05) is 11.9 Å². The molecule has 0 aromatic carbocycles. The lowest BCUT2D eigenvalue weighted by Gasteiger charge is -2.14. The summed E-state index contributed by atoms with van der Waals surface area (Å²) in [7, 11) is 0. The number of carboxylic acids is 1. The lowest BCUT2D eigenvalue weighted by Crippen LogP contribution is -2.16. The maximum Gasteiger partial charge on any atom is 0.303 e. The summed E-state index contributed by atoms with van der Waals surface area (Å²) in [6.07, 6.45) is 0.109. The molecule has 0 radical (unpaired) electrons. The molecule has 1 unspecified atom stereocenters. The van der Waals surface area contributed by atoms with E-state index in [1.807, 2.05) is 13.8 Å². The van der Waals surface area contributed by atoms with Gasteiger partial charge in [-0.25, -0.2) is 0 Å². The third-order valence-corrected chi connectivity index (χ3v) is 2.60. The molecule has 1 atom stereocenters. The summed E-state index contributed by atoms with van der Waals surface area (Å²) in [6, 6.07) is 3.92. The van der Waals surface area contributed by atoms with Crippen molar-refractivity contribution in [1.82, 2.24) is 4.98 Å². The van der Waals surface area contributed by atoms with Crippen molar-refractivity contribution in [2.24, 2.45) is 5.92 Å². The number of nitriles is 1. The fourth-order valence-corrected chi connectivity index (χ4v) is 1.76. The Morgan fingerprint density at radius 1 is 1.61 bits per heavy atom. The average Bonchev–Trinajstić information content (AvgIpc) is 2.24. The van der Waals surface area contributed by atoms with Gasteiger partial charge in [-0.1, -0.05) is 6.92 Å². The Kier molecular flexibility index (Phi) is 4.67. The van der Waals surface area contributed by atoms with Crippen LogP contribution < -0.4 is 5.32 Å². The van der Waals surface area contributed by atoms with Gasteiger partial charge >= 0.3 is 5.97 Å². The standard InChI is InChI=1S/C13H17N3O2/c1-8(4-13(17)18)7-15-12-5-9(2)16-10(3)11(12)6-14/h5,8H,4,7H2,1-3H3,(H,15,16)(H,17,18). The van der Waals surface area contributed by atoms with Crippen molar-refractivity contribution in [3.05, 3.63) is 23.0 Å². The normalized spacial score (nSPS) is 11.7. The highest BCUT2D eigenvalue weighted by molar-refractivity contribution is 5.67. The van der Waals surface area contributed by atoms with Crippen LogP contribution in [0.4, 0.5) is 5.69 Å². The molecule has 96 valence electrons. The number of aryl methyl sites for hydroxylation is 2. The first kappa shape index (κ1) is 14.0. The second kappa shape index (κ2) is 6.01. The topological polar surface area (TPSA) is 86.0 Å². The second-order valence-corrected chi connectivity index (χ2v) is 4.47. The number of hydrogen-bond acceptors (Lipinski definition) is 4. The van der Waals surface area contributed by atoms with Gasteiger partial charge < -0.3 is 10.4 Å². The predicted molar refractivity (Wildman–Crippen MR) is 68.3 cm³/mol. The Balaban J connectivity index is 2.79. The average molecular weight is 247 g/mol. The highest BCUT2D eigenvalue weighted by Crippen LogP contribution is 2.19. The summed E-state index contributed by atoms with van der Waals surface area (Å²) in [5.41, 5.74) is 2.76. The minimum Gasteiger partial charge on any atom is -0.481 e. The van der Waals surface area contributed by atoms with E-state index in [0.29, 0.717) is 17.8 Å². The Bertz CT molecular complexity index is 492. The highest BCUT2D eigenvalue weighted by Gasteiger charge is 2.11. The zero-order chi connectivity index (χ0) is 13.7. The number of aliphatic carboxylic acids is 1. The van der Waals surface area contributed by atoms with Crippen molar-refractivity contribution in [1.29, 1.82) is 5.26 Å². The number of nitrogens with one attached hydrogen (secondary N) is 1. The van der Waals surface area contributed by atoms with Crippen LogP contribution in [0.1, 0.15) is 30.3 Å². The zero-order valence-electron chi connectivity index (χ0n) is 10.8. The number of rotatable bonds is 5. The SMILES string of the molecule is Cc1cc(NCC(C)CC(=O)O)c(C#N)c(C)n1. The monoisotopic (exact) mass is 247 g/mol. The number of aromatic nitrogens is 1. The van der Waals surface area contributed by atoms with Gasteiger partial charge in [0.1, 0.15) is 6.07 Å². The molecule has 2 N–H and O–H groups in total. The van der Waals surface area contributed by atoms with E-state index in [0.717, 1.165) is 11.4 Å². The van der Waals surface area contributed by atoms with Gasteiger partial charge in [-0.3, -0.25) is 9.78 Å². The molecule has 0 bridgehead atoms. The molecular weight excluding hydrogens is 230 g/mol. The van der Waals surface area contributed by atoms with Crippen molar-refractivity contribution in [3.8, 4) is 6.07 Å². The molecule has 0 fully saturated rings. The minimum atomic E-state index is -0.813. The van der Waals surface area contributed by atoms with Crippen LogP contribution in [0, 0.1) is 31.1 Å². The van der Waals surface area contributed by atoms with E-state index >= 15 is 0 Å². The molecule has 1 rings (SSSR count). The van der Waals surface area contributed by atoms with Gasteiger partial charge in [0.15, 0.2) is 0 Å². The van der Waals surface area contributed by atoms with Gasteiger partial charge in [-0.2, -0.15) is 5.26 Å². The largest absolute Gasteiger partial charge is 0.481 e. The summed E-state index contributed by atoms with van der Waals surface area (Å²) in [6.45, 7) is 6.02. The molecule has 0 saturated carbocycles. The third kappa shape index (κ3) is 3.74. The molecule has 0 saturated heterocycles. The van der Waals surface area contributed by atoms with Crippen molar-refractivity contribution in [2.45, 2.75) is 27.2 Å². The molecule has 1 aromatic rings. The van der Waals surface area contributed by atoms with E-state index in [2.05, 4.69) is 16.4 Å². The van der Waals surface area contributed by atoms with E-state index in [4.69, 9.17) is 10.4 Å². The number of carbonyl (C=O) groups is 1.